The molecule has 0 saturated heterocycles. The Morgan fingerprint density at radius 3 is 2.95 bits per heavy atom. The quantitative estimate of drug-likeness (QED) is 0.802. The van der Waals surface area contributed by atoms with E-state index in [4.69, 9.17) is 10.5 Å². The maximum atomic E-state index is 11.3. The van der Waals surface area contributed by atoms with Crippen molar-refractivity contribution >= 4 is 17.3 Å². The summed E-state index contributed by atoms with van der Waals surface area (Å²) < 4.78 is 5.81. The van der Waals surface area contributed by atoms with E-state index in [9.17, 15) is 4.79 Å². The van der Waals surface area contributed by atoms with Crippen molar-refractivity contribution < 1.29 is 9.53 Å². The highest BCUT2D eigenvalue weighted by Gasteiger charge is 2.17. The van der Waals surface area contributed by atoms with Crippen LogP contribution in [0.1, 0.15) is 38.7 Å². The minimum absolute atomic E-state index is 0.0529. The van der Waals surface area contributed by atoms with Gasteiger partial charge >= 0.3 is 0 Å². The summed E-state index contributed by atoms with van der Waals surface area (Å²) in [6, 6.07) is 3.76. The molecule has 1 atom stereocenters. The fourth-order valence-electron chi connectivity index (χ4n) is 2.36. The lowest BCUT2D eigenvalue weighted by Crippen LogP contribution is -2.19. The van der Waals surface area contributed by atoms with Crippen molar-refractivity contribution in [2.45, 2.75) is 39.5 Å². The zero-order valence-electron chi connectivity index (χ0n) is 11.7. The van der Waals surface area contributed by atoms with E-state index < -0.39 is 0 Å². The molecule has 0 fully saturated rings. The summed E-state index contributed by atoms with van der Waals surface area (Å²) in [5, 5.41) is 2.84. The molecule has 0 bridgehead atoms. The van der Waals surface area contributed by atoms with Crippen LogP contribution in [-0.4, -0.2) is 12.5 Å². The second kappa shape index (κ2) is 5.95. The molecule has 1 heterocycles. The second-order valence-electron chi connectivity index (χ2n) is 5.30. The van der Waals surface area contributed by atoms with Crippen LogP contribution in [0.5, 0.6) is 5.75 Å². The van der Waals surface area contributed by atoms with E-state index >= 15 is 0 Å². The Morgan fingerprint density at radius 2 is 2.21 bits per heavy atom. The molecule has 0 aliphatic carbocycles. The molecule has 1 aromatic rings. The first-order chi connectivity index (χ1) is 9.10. The van der Waals surface area contributed by atoms with Gasteiger partial charge in [-0.3, -0.25) is 4.79 Å². The van der Waals surface area contributed by atoms with E-state index in [1.807, 2.05) is 6.07 Å². The number of carbonyl (C=O) groups is 1. The van der Waals surface area contributed by atoms with E-state index in [1.165, 1.54) is 0 Å². The highest BCUT2D eigenvalue weighted by Crippen LogP contribution is 2.32. The minimum atomic E-state index is 0.0529. The molecular formula is C15H22N2O2. The fraction of sp³-hybridized carbons (Fsp3) is 0.533. The Bertz CT molecular complexity index is 471. The third-order valence-corrected chi connectivity index (χ3v) is 3.44. The summed E-state index contributed by atoms with van der Waals surface area (Å²) in [6.45, 7) is 5.04. The predicted octanol–water partition coefficient (Wildman–Crippen LogP) is 2.97. The Morgan fingerprint density at radius 1 is 1.42 bits per heavy atom. The minimum Gasteiger partial charge on any atom is -0.491 e. The van der Waals surface area contributed by atoms with Crippen molar-refractivity contribution in [3.63, 3.8) is 0 Å². The molecule has 1 aliphatic heterocycles. The van der Waals surface area contributed by atoms with Gasteiger partial charge in [0, 0.05) is 12.1 Å². The van der Waals surface area contributed by atoms with E-state index in [0.717, 1.165) is 36.3 Å². The highest BCUT2D eigenvalue weighted by molar-refractivity contribution is 5.94. The van der Waals surface area contributed by atoms with E-state index in [-0.39, 0.29) is 5.91 Å². The van der Waals surface area contributed by atoms with Crippen molar-refractivity contribution in [3.8, 4) is 5.75 Å². The van der Waals surface area contributed by atoms with Gasteiger partial charge in [-0.25, -0.2) is 0 Å². The van der Waals surface area contributed by atoms with Crippen molar-refractivity contribution in [1.82, 2.24) is 0 Å². The third-order valence-electron chi connectivity index (χ3n) is 3.44. The van der Waals surface area contributed by atoms with Crippen molar-refractivity contribution in [1.29, 1.82) is 0 Å². The smallest absolute Gasteiger partial charge is 0.224 e. The Balaban J connectivity index is 2.07. The van der Waals surface area contributed by atoms with Crippen molar-refractivity contribution in [2.24, 2.45) is 5.92 Å². The number of nitrogens with one attached hydrogen (secondary N) is 1. The van der Waals surface area contributed by atoms with Gasteiger partial charge in [-0.15, -0.1) is 0 Å². The molecular weight excluding hydrogens is 240 g/mol. The molecule has 4 nitrogen and oxygen atoms in total. The van der Waals surface area contributed by atoms with E-state index in [0.29, 0.717) is 24.6 Å². The molecule has 2 rings (SSSR count). The molecule has 1 aromatic carbocycles. The lowest BCUT2D eigenvalue weighted by atomic mass is 10.0. The predicted molar refractivity (Wildman–Crippen MR) is 77.4 cm³/mol. The molecule has 104 valence electrons. The maximum Gasteiger partial charge on any atom is 0.224 e. The number of benzene rings is 1. The maximum absolute atomic E-state index is 11.3. The first kappa shape index (κ1) is 13.7. The summed E-state index contributed by atoms with van der Waals surface area (Å²) in [5.74, 6) is 1.31. The first-order valence-corrected chi connectivity index (χ1v) is 6.95. The topological polar surface area (TPSA) is 64.3 Å². The highest BCUT2D eigenvalue weighted by atomic mass is 16.5. The molecule has 0 saturated carbocycles. The molecule has 0 radical (unpaired) electrons. The summed E-state index contributed by atoms with van der Waals surface area (Å²) in [5.41, 5.74) is 8.49. The SMILES string of the molecule is CCCC(C)COc1cc2c(cc1N)NC(=O)CC2. The lowest BCUT2D eigenvalue weighted by molar-refractivity contribution is -0.116. The molecule has 1 aliphatic rings. The molecule has 1 amide bonds. The van der Waals surface area contributed by atoms with Gasteiger partial charge in [0.1, 0.15) is 5.75 Å². The molecule has 3 N–H and O–H groups in total. The Labute approximate surface area is 114 Å². The number of hydrogen-bond acceptors (Lipinski definition) is 3. The van der Waals surface area contributed by atoms with Gasteiger partial charge in [-0.2, -0.15) is 0 Å². The van der Waals surface area contributed by atoms with Crippen LogP contribution >= 0.6 is 0 Å². The van der Waals surface area contributed by atoms with Crippen LogP contribution in [0.2, 0.25) is 0 Å². The molecule has 0 aromatic heterocycles. The molecule has 4 heteroatoms. The largest absolute Gasteiger partial charge is 0.491 e. The summed E-state index contributed by atoms with van der Waals surface area (Å²) in [6.07, 6.45) is 3.60. The summed E-state index contributed by atoms with van der Waals surface area (Å²) in [4.78, 5) is 11.3. The first-order valence-electron chi connectivity index (χ1n) is 6.95. The summed E-state index contributed by atoms with van der Waals surface area (Å²) >= 11 is 0. The number of nitrogen functional groups attached to an aromatic ring is 1. The second-order valence-corrected chi connectivity index (χ2v) is 5.30. The van der Waals surface area contributed by atoms with Gasteiger partial charge in [0.25, 0.3) is 0 Å². The number of hydrogen-bond donors (Lipinski definition) is 2. The molecule has 19 heavy (non-hydrogen) atoms. The van der Waals surface area contributed by atoms with Crippen LogP contribution in [0, 0.1) is 5.92 Å². The third kappa shape index (κ3) is 3.40. The van der Waals surface area contributed by atoms with Gasteiger partial charge in [0.15, 0.2) is 0 Å². The van der Waals surface area contributed by atoms with Crippen molar-refractivity contribution in [2.75, 3.05) is 17.7 Å². The van der Waals surface area contributed by atoms with Crippen LogP contribution < -0.4 is 15.8 Å². The number of carbonyl (C=O) groups excluding carboxylic acids is 1. The fourth-order valence-corrected chi connectivity index (χ4v) is 2.36. The van der Waals surface area contributed by atoms with Crippen LogP contribution in [0.3, 0.4) is 0 Å². The number of amides is 1. The number of nitrogens with two attached hydrogens (primary N) is 1. The number of fused-ring (bicyclic) bond motifs is 1. The van der Waals surface area contributed by atoms with Crippen LogP contribution in [0.25, 0.3) is 0 Å². The van der Waals surface area contributed by atoms with E-state index in [2.05, 4.69) is 19.2 Å². The summed E-state index contributed by atoms with van der Waals surface area (Å²) in [7, 11) is 0. The van der Waals surface area contributed by atoms with Gasteiger partial charge in [0.2, 0.25) is 5.91 Å². The standard InChI is InChI=1S/C15H22N2O2/c1-3-4-10(2)9-19-14-7-11-5-6-15(18)17-13(11)8-12(14)16/h7-8,10H,3-6,9,16H2,1-2H3,(H,17,18). The number of rotatable bonds is 5. The van der Waals surface area contributed by atoms with Crippen LogP contribution in [0.15, 0.2) is 12.1 Å². The molecule has 1 unspecified atom stereocenters. The molecule has 0 spiro atoms. The van der Waals surface area contributed by atoms with Crippen molar-refractivity contribution in [3.05, 3.63) is 17.7 Å². The van der Waals surface area contributed by atoms with Gasteiger partial charge < -0.3 is 15.8 Å². The van der Waals surface area contributed by atoms with Gasteiger partial charge in [-0.05, 0) is 36.5 Å². The lowest BCUT2D eigenvalue weighted by Gasteiger charge is -2.20. The van der Waals surface area contributed by atoms with Gasteiger partial charge in [-0.1, -0.05) is 20.3 Å². The van der Waals surface area contributed by atoms with Crippen LogP contribution in [0.4, 0.5) is 11.4 Å². The van der Waals surface area contributed by atoms with Gasteiger partial charge in [0.05, 0.1) is 12.3 Å². The number of anilines is 2. The van der Waals surface area contributed by atoms with Crippen LogP contribution in [-0.2, 0) is 11.2 Å². The van der Waals surface area contributed by atoms with E-state index in [1.54, 1.807) is 6.07 Å². The zero-order chi connectivity index (χ0) is 13.8. The number of aryl methyl sites for hydroxylation is 1. The zero-order valence-corrected chi connectivity index (χ0v) is 11.7. The Kier molecular flexibility index (Phi) is 4.30. The monoisotopic (exact) mass is 262 g/mol. The normalized spacial score (nSPS) is 15.6. The Hall–Kier alpha value is -1.71. The average Bonchev–Trinajstić information content (AvgIpc) is 2.36. The number of ether oxygens (including phenoxy) is 1. The average molecular weight is 262 g/mol.